The third-order valence-corrected chi connectivity index (χ3v) is 11.0. The second kappa shape index (κ2) is 9.14. The van der Waals surface area contributed by atoms with Crippen LogP contribution < -0.4 is 5.32 Å². The molecule has 6 heteroatoms. The van der Waals surface area contributed by atoms with Gasteiger partial charge in [0.05, 0.1) is 11.8 Å². The zero-order valence-electron chi connectivity index (χ0n) is 20.9. The number of nitrogens with zero attached hydrogens (tertiary/aromatic N) is 1. The van der Waals surface area contributed by atoms with Crippen LogP contribution in [0.15, 0.2) is 5.16 Å². The first-order valence-electron chi connectivity index (χ1n) is 13.6. The molecule has 9 atom stereocenters. The smallest absolute Gasteiger partial charge is 0.431 e. The normalized spacial score (nSPS) is 47.4. The fourth-order valence-electron chi connectivity index (χ4n) is 9.19. The second-order valence-corrected chi connectivity index (χ2v) is 12.4. The van der Waals surface area contributed by atoms with Crippen molar-refractivity contribution in [2.75, 3.05) is 13.2 Å². The van der Waals surface area contributed by atoms with E-state index in [4.69, 9.17) is 9.57 Å². The van der Waals surface area contributed by atoms with Gasteiger partial charge >= 0.3 is 6.16 Å². The Labute approximate surface area is 199 Å². The SMILES string of the molecule is C/C(=N\OC(=O)OCC1CCCN1)[C@H]1CC[C@H]2[C@@H]3CC[C@H]4C[C@H](O)CC[C@]4(C)[C@H]3CC[C@]12C. The standard InChI is InChI=1S/C27H44N2O4/c1-17(29-33-25(31)32-16-19-5-4-14-28-19)22-8-9-23-21-7-6-18-15-20(30)10-12-26(18,2)24(21)11-13-27(22,23)3/h18-24,28,30H,4-16H2,1-3H3/b29-17+/t18-,19?,20+,21-,22+,23-,24-,26-,27+/m0/s1. The average molecular weight is 461 g/mol. The summed E-state index contributed by atoms with van der Waals surface area (Å²) in [5, 5.41) is 17.9. The van der Waals surface area contributed by atoms with E-state index in [-0.39, 0.29) is 17.6 Å². The predicted octanol–water partition coefficient (Wildman–Crippen LogP) is 5.29. The summed E-state index contributed by atoms with van der Waals surface area (Å²) in [5.41, 5.74) is 1.61. The van der Waals surface area contributed by atoms with Gasteiger partial charge in [0.15, 0.2) is 0 Å². The van der Waals surface area contributed by atoms with Gasteiger partial charge in [-0.25, -0.2) is 4.79 Å². The molecular weight excluding hydrogens is 416 g/mol. The first kappa shape index (κ1) is 23.6. The summed E-state index contributed by atoms with van der Waals surface area (Å²) < 4.78 is 5.26. The van der Waals surface area contributed by atoms with E-state index in [2.05, 4.69) is 24.3 Å². The van der Waals surface area contributed by atoms with Crippen LogP contribution in [0.3, 0.4) is 0 Å². The minimum absolute atomic E-state index is 0.0793. The number of oxime groups is 1. The van der Waals surface area contributed by atoms with Gasteiger partial charge in [0, 0.05) is 12.0 Å². The van der Waals surface area contributed by atoms with Crippen molar-refractivity contribution >= 4 is 11.9 Å². The third kappa shape index (κ3) is 4.24. The fourth-order valence-corrected chi connectivity index (χ4v) is 9.19. The van der Waals surface area contributed by atoms with Crippen LogP contribution in [0.25, 0.3) is 0 Å². The number of ether oxygens (including phenoxy) is 1. The van der Waals surface area contributed by atoms with Gasteiger partial charge in [-0.1, -0.05) is 19.0 Å². The molecule has 0 radical (unpaired) electrons. The Bertz CT molecular complexity index is 765. The minimum atomic E-state index is -0.683. The Morgan fingerprint density at radius 2 is 1.82 bits per heavy atom. The number of fused-ring (bicyclic) bond motifs is 5. The van der Waals surface area contributed by atoms with Gasteiger partial charge in [-0.2, -0.15) is 0 Å². The van der Waals surface area contributed by atoms with Crippen LogP contribution in [0.5, 0.6) is 0 Å². The van der Waals surface area contributed by atoms with Gasteiger partial charge in [-0.05, 0) is 119 Å². The molecule has 0 aromatic heterocycles. The van der Waals surface area contributed by atoms with Crippen molar-refractivity contribution in [2.45, 2.75) is 104 Å². The molecule has 4 aliphatic carbocycles. The van der Waals surface area contributed by atoms with Gasteiger partial charge in [0.2, 0.25) is 0 Å². The second-order valence-electron chi connectivity index (χ2n) is 12.4. The van der Waals surface area contributed by atoms with Crippen LogP contribution in [0.1, 0.15) is 91.4 Å². The summed E-state index contributed by atoms with van der Waals surface area (Å²) in [6.45, 7) is 8.41. The Kier molecular flexibility index (Phi) is 6.54. The summed E-state index contributed by atoms with van der Waals surface area (Å²) in [4.78, 5) is 17.2. The van der Waals surface area contributed by atoms with Crippen LogP contribution in [-0.2, 0) is 9.57 Å². The fraction of sp³-hybridized carbons (Fsp3) is 0.926. The highest BCUT2D eigenvalue weighted by molar-refractivity contribution is 5.85. The van der Waals surface area contributed by atoms with Crippen molar-refractivity contribution in [1.82, 2.24) is 5.32 Å². The highest BCUT2D eigenvalue weighted by Crippen LogP contribution is 2.67. The number of carbonyl (C=O) groups excluding carboxylic acids is 1. The van der Waals surface area contributed by atoms with Crippen molar-refractivity contribution in [2.24, 2.45) is 45.6 Å². The zero-order chi connectivity index (χ0) is 23.2. The van der Waals surface area contributed by atoms with E-state index >= 15 is 0 Å². The number of aliphatic hydroxyl groups excluding tert-OH is 1. The van der Waals surface area contributed by atoms with E-state index in [0.29, 0.717) is 23.9 Å². The molecule has 2 N–H and O–H groups in total. The molecule has 1 saturated heterocycles. The number of rotatable bonds is 4. The lowest BCUT2D eigenvalue weighted by molar-refractivity contribution is -0.123. The molecular formula is C27H44N2O4. The summed E-state index contributed by atoms with van der Waals surface area (Å²) in [7, 11) is 0. The molecule has 0 aromatic rings. The largest absolute Gasteiger partial charge is 0.535 e. The molecule has 33 heavy (non-hydrogen) atoms. The van der Waals surface area contributed by atoms with Crippen LogP contribution in [0.2, 0.25) is 0 Å². The zero-order valence-corrected chi connectivity index (χ0v) is 20.9. The molecule has 1 heterocycles. The number of carbonyl (C=O) groups is 1. The van der Waals surface area contributed by atoms with E-state index in [1.54, 1.807) is 0 Å². The molecule has 0 bridgehead atoms. The van der Waals surface area contributed by atoms with Crippen LogP contribution in [0, 0.1) is 40.4 Å². The van der Waals surface area contributed by atoms with Crippen molar-refractivity contribution in [1.29, 1.82) is 0 Å². The number of hydrogen-bond acceptors (Lipinski definition) is 6. The maximum Gasteiger partial charge on any atom is 0.535 e. The molecule has 0 amide bonds. The van der Waals surface area contributed by atoms with Gasteiger partial charge in [0.25, 0.3) is 0 Å². The lowest BCUT2D eigenvalue weighted by Gasteiger charge is -2.61. The van der Waals surface area contributed by atoms with E-state index in [0.717, 1.165) is 62.1 Å². The lowest BCUT2D eigenvalue weighted by atomic mass is 9.44. The van der Waals surface area contributed by atoms with Crippen molar-refractivity contribution in [3.05, 3.63) is 0 Å². The Balaban J connectivity index is 1.22. The third-order valence-electron chi connectivity index (χ3n) is 11.0. The summed E-state index contributed by atoms with van der Waals surface area (Å²) in [6, 6.07) is 0.247. The Morgan fingerprint density at radius 1 is 1.03 bits per heavy atom. The van der Waals surface area contributed by atoms with Crippen LogP contribution in [0.4, 0.5) is 4.79 Å². The first-order chi connectivity index (χ1) is 15.8. The van der Waals surface area contributed by atoms with Gasteiger partial charge in [-0.3, -0.25) is 4.84 Å². The highest BCUT2D eigenvalue weighted by atomic mass is 16.8. The van der Waals surface area contributed by atoms with Crippen LogP contribution >= 0.6 is 0 Å². The number of nitrogens with one attached hydrogen (secondary N) is 1. The van der Waals surface area contributed by atoms with E-state index in [1.165, 1.54) is 38.5 Å². The molecule has 1 aliphatic heterocycles. The first-order valence-corrected chi connectivity index (χ1v) is 13.6. The van der Waals surface area contributed by atoms with E-state index in [9.17, 15) is 9.90 Å². The van der Waals surface area contributed by atoms with E-state index in [1.807, 2.05) is 6.92 Å². The van der Waals surface area contributed by atoms with Crippen molar-refractivity contribution in [3.8, 4) is 0 Å². The molecule has 186 valence electrons. The molecule has 4 saturated carbocycles. The monoisotopic (exact) mass is 460 g/mol. The number of aliphatic hydroxyl groups is 1. The topological polar surface area (TPSA) is 80.2 Å². The summed E-state index contributed by atoms with van der Waals surface area (Å²) >= 11 is 0. The summed E-state index contributed by atoms with van der Waals surface area (Å²) in [5.74, 6) is 3.41. The molecule has 5 aliphatic rings. The van der Waals surface area contributed by atoms with Gasteiger partial charge in [-0.15, -0.1) is 0 Å². The van der Waals surface area contributed by atoms with E-state index < -0.39 is 6.16 Å². The Morgan fingerprint density at radius 3 is 2.61 bits per heavy atom. The number of hydrogen-bond donors (Lipinski definition) is 2. The Hall–Kier alpha value is -1.14. The maximum atomic E-state index is 12.1. The quantitative estimate of drug-likeness (QED) is 0.258. The maximum absolute atomic E-state index is 12.1. The molecule has 0 aromatic carbocycles. The summed E-state index contributed by atoms with van der Waals surface area (Å²) in [6.07, 6.45) is 12.1. The molecule has 6 nitrogen and oxygen atoms in total. The van der Waals surface area contributed by atoms with Gasteiger partial charge < -0.3 is 15.2 Å². The molecule has 5 rings (SSSR count). The van der Waals surface area contributed by atoms with Crippen LogP contribution in [-0.4, -0.2) is 42.3 Å². The average Bonchev–Trinajstić information content (AvgIpc) is 3.44. The molecule has 5 fully saturated rings. The molecule has 1 unspecified atom stereocenters. The van der Waals surface area contributed by atoms with Crippen molar-refractivity contribution < 1.29 is 19.5 Å². The molecule has 0 spiro atoms. The minimum Gasteiger partial charge on any atom is -0.431 e. The lowest BCUT2D eigenvalue weighted by Crippen LogP contribution is -2.54. The highest BCUT2D eigenvalue weighted by Gasteiger charge is 2.60. The van der Waals surface area contributed by atoms with Crippen molar-refractivity contribution in [3.63, 3.8) is 0 Å². The predicted molar refractivity (Wildman–Crippen MR) is 128 cm³/mol. The van der Waals surface area contributed by atoms with Gasteiger partial charge in [0.1, 0.15) is 6.61 Å².